The van der Waals surface area contributed by atoms with E-state index in [-0.39, 0.29) is 36.0 Å². The molecule has 0 bridgehead atoms. The molecule has 7 nitrogen and oxygen atoms in total. The Hall–Kier alpha value is -1.42. The molecule has 1 aliphatic rings. The smallest absolute Gasteiger partial charge is 0.307 e. The first-order chi connectivity index (χ1) is 12.1. The molecule has 0 radical (unpaired) electrons. The second-order valence-corrected chi connectivity index (χ2v) is 6.15. The lowest BCUT2D eigenvalue weighted by molar-refractivity contribution is -0.140. The van der Waals surface area contributed by atoms with Crippen molar-refractivity contribution in [1.29, 1.82) is 0 Å². The molecule has 2 N–H and O–H groups in total. The van der Waals surface area contributed by atoms with Crippen LogP contribution in [0.5, 0.6) is 5.75 Å². The monoisotopic (exact) mass is 496 g/mol. The lowest BCUT2D eigenvalue weighted by Crippen LogP contribution is -2.45. The Morgan fingerprint density at radius 3 is 2.85 bits per heavy atom. The number of ether oxygens (including phenoxy) is 2. The van der Waals surface area contributed by atoms with Crippen LogP contribution in [0.3, 0.4) is 0 Å². The summed E-state index contributed by atoms with van der Waals surface area (Å²) >= 11 is 6.13. The summed E-state index contributed by atoms with van der Waals surface area (Å²) in [5.74, 6) is 1.24. The summed E-state index contributed by atoms with van der Waals surface area (Å²) in [7, 11) is 4.75. The van der Waals surface area contributed by atoms with Crippen LogP contribution in [0.25, 0.3) is 0 Å². The fourth-order valence-corrected chi connectivity index (χ4v) is 2.95. The van der Waals surface area contributed by atoms with Crippen molar-refractivity contribution >= 4 is 53.2 Å². The van der Waals surface area contributed by atoms with E-state index in [4.69, 9.17) is 16.3 Å². The van der Waals surface area contributed by atoms with Crippen LogP contribution in [-0.4, -0.2) is 58.9 Å². The molecule has 26 heavy (non-hydrogen) atoms. The van der Waals surface area contributed by atoms with Crippen molar-refractivity contribution in [2.24, 2.45) is 4.99 Å². The lowest BCUT2D eigenvalue weighted by atomic mass is 10.2. The summed E-state index contributed by atoms with van der Waals surface area (Å²) in [4.78, 5) is 17.6. The summed E-state index contributed by atoms with van der Waals surface area (Å²) in [6, 6.07) is 5.87. The van der Waals surface area contributed by atoms with E-state index in [0.29, 0.717) is 23.9 Å². The molecule has 1 aliphatic heterocycles. The Kier molecular flexibility index (Phi) is 9.85. The van der Waals surface area contributed by atoms with Gasteiger partial charge in [-0.15, -0.1) is 24.0 Å². The van der Waals surface area contributed by atoms with Gasteiger partial charge < -0.3 is 25.0 Å². The van der Waals surface area contributed by atoms with Gasteiger partial charge in [0.1, 0.15) is 5.75 Å². The van der Waals surface area contributed by atoms with Crippen molar-refractivity contribution in [3.05, 3.63) is 23.2 Å². The fourth-order valence-electron chi connectivity index (χ4n) is 2.78. The third-order valence-electron chi connectivity index (χ3n) is 4.08. The molecule has 0 aromatic heterocycles. The molecule has 1 unspecified atom stereocenters. The number of esters is 1. The number of carbonyl (C=O) groups is 1. The van der Waals surface area contributed by atoms with Crippen molar-refractivity contribution in [3.8, 4) is 5.75 Å². The van der Waals surface area contributed by atoms with E-state index in [0.717, 1.165) is 30.9 Å². The quantitative estimate of drug-likeness (QED) is 0.272. The molecule has 1 saturated heterocycles. The molecule has 1 aromatic rings. The molecular formula is C17H26ClIN4O3. The number of nitrogens with one attached hydrogen (secondary N) is 2. The highest BCUT2D eigenvalue weighted by Crippen LogP contribution is 2.33. The average molecular weight is 497 g/mol. The van der Waals surface area contributed by atoms with Crippen LogP contribution in [0, 0.1) is 0 Å². The van der Waals surface area contributed by atoms with Crippen molar-refractivity contribution in [1.82, 2.24) is 10.6 Å². The molecule has 0 saturated carbocycles. The van der Waals surface area contributed by atoms with Gasteiger partial charge in [-0.25, -0.2) is 0 Å². The summed E-state index contributed by atoms with van der Waals surface area (Å²) in [6.07, 6.45) is 1.26. The van der Waals surface area contributed by atoms with Gasteiger partial charge in [0.15, 0.2) is 5.96 Å². The topological polar surface area (TPSA) is 75.2 Å². The number of hydrogen-bond donors (Lipinski definition) is 2. The Balaban J connectivity index is 0.00000338. The predicted octanol–water partition coefficient (Wildman–Crippen LogP) is 2.27. The maximum absolute atomic E-state index is 11.2. The summed E-state index contributed by atoms with van der Waals surface area (Å²) in [5, 5.41) is 7.19. The highest BCUT2D eigenvalue weighted by Gasteiger charge is 2.25. The van der Waals surface area contributed by atoms with E-state index in [1.165, 1.54) is 7.11 Å². The number of carbonyl (C=O) groups excluding carboxylic acids is 1. The molecule has 2 rings (SSSR count). The highest BCUT2D eigenvalue weighted by atomic mass is 127. The number of aliphatic imine (C=N–C) groups is 1. The fraction of sp³-hybridized carbons (Fsp3) is 0.529. The largest absolute Gasteiger partial charge is 0.495 e. The van der Waals surface area contributed by atoms with Crippen molar-refractivity contribution in [2.75, 3.05) is 45.8 Å². The number of hydrogen-bond acceptors (Lipinski definition) is 5. The maximum Gasteiger partial charge on any atom is 0.307 e. The second kappa shape index (κ2) is 11.3. The van der Waals surface area contributed by atoms with E-state index < -0.39 is 0 Å². The molecule has 146 valence electrons. The summed E-state index contributed by atoms with van der Waals surface area (Å²) < 4.78 is 10.1. The first-order valence-electron chi connectivity index (χ1n) is 8.20. The third-order valence-corrected chi connectivity index (χ3v) is 4.32. The van der Waals surface area contributed by atoms with Gasteiger partial charge >= 0.3 is 5.97 Å². The minimum Gasteiger partial charge on any atom is -0.495 e. The van der Waals surface area contributed by atoms with Crippen LogP contribution in [0.4, 0.5) is 5.69 Å². The number of halogens is 2. The van der Waals surface area contributed by atoms with E-state index in [2.05, 4.69) is 25.3 Å². The number of nitrogens with zero attached hydrogens (tertiary/aromatic N) is 2. The SMILES string of the molecule is CN=C(NCCC(=O)OC)NC1CCN(c2cc(Cl)ccc2OC)C1.I. The zero-order chi connectivity index (χ0) is 18.2. The molecule has 1 aromatic carbocycles. The van der Waals surface area contributed by atoms with E-state index in [1.54, 1.807) is 14.2 Å². The van der Waals surface area contributed by atoms with Crippen LogP contribution in [0.2, 0.25) is 5.02 Å². The molecule has 1 heterocycles. The first-order valence-corrected chi connectivity index (χ1v) is 8.57. The van der Waals surface area contributed by atoms with Crippen molar-refractivity contribution in [2.45, 2.75) is 18.9 Å². The Labute approximate surface area is 176 Å². The first kappa shape index (κ1) is 22.6. The highest BCUT2D eigenvalue weighted by molar-refractivity contribution is 14.0. The van der Waals surface area contributed by atoms with Gasteiger partial charge in [0, 0.05) is 37.7 Å². The third kappa shape index (κ3) is 6.39. The van der Waals surface area contributed by atoms with Gasteiger partial charge in [0.25, 0.3) is 0 Å². The Morgan fingerprint density at radius 2 is 2.19 bits per heavy atom. The van der Waals surface area contributed by atoms with Crippen LogP contribution >= 0.6 is 35.6 Å². The zero-order valence-corrected chi connectivity index (χ0v) is 18.3. The maximum atomic E-state index is 11.2. The van der Waals surface area contributed by atoms with Gasteiger partial charge in [-0.05, 0) is 24.6 Å². The summed E-state index contributed by atoms with van der Waals surface area (Å²) in [5.41, 5.74) is 0.993. The van der Waals surface area contributed by atoms with Crippen LogP contribution < -0.4 is 20.3 Å². The minimum absolute atomic E-state index is 0. The van der Waals surface area contributed by atoms with Gasteiger partial charge in [-0.1, -0.05) is 11.6 Å². The number of anilines is 1. The Bertz CT molecular complexity index is 630. The minimum atomic E-state index is -0.247. The van der Waals surface area contributed by atoms with Crippen molar-refractivity contribution in [3.63, 3.8) is 0 Å². The average Bonchev–Trinajstić information content (AvgIpc) is 3.08. The number of rotatable bonds is 6. The van der Waals surface area contributed by atoms with Gasteiger partial charge in [0.2, 0.25) is 0 Å². The van der Waals surface area contributed by atoms with E-state index in [9.17, 15) is 4.79 Å². The van der Waals surface area contributed by atoms with Gasteiger partial charge in [0.05, 0.1) is 26.3 Å². The second-order valence-electron chi connectivity index (χ2n) is 5.72. The van der Waals surface area contributed by atoms with Gasteiger partial charge in [-0.2, -0.15) is 0 Å². The summed E-state index contributed by atoms with van der Waals surface area (Å²) in [6.45, 7) is 2.19. The predicted molar refractivity (Wildman–Crippen MR) is 115 cm³/mol. The lowest BCUT2D eigenvalue weighted by Gasteiger charge is -2.22. The van der Waals surface area contributed by atoms with Crippen LogP contribution in [0.1, 0.15) is 12.8 Å². The standard InChI is InChI=1S/C17H25ClN4O3.HI/c1-19-17(20-8-6-16(23)25-3)21-13-7-9-22(11-13)14-10-12(18)4-5-15(14)24-2;/h4-5,10,13H,6-9,11H2,1-3H3,(H2,19,20,21);1H. The normalized spacial score (nSPS) is 16.7. The number of methoxy groups -OCH3 is 2. The molecule has 9 heteroatoms. The number of guanidine groups is 1. The molecule has 1 fully saturated rings. The Morgan fingerprint density at radius 1 is 1.42 bits per heavy atom. The van der Waals surface area contributed by atoms with Gasteiger partial charge in [-0.3, -0.25) is 9.79 Å². The van der Waals surface area contributed by atoms with Crippen LogP contribution in [-0.2, 0) is 9.53 Å². The van der Waals surface area contributed by atoms with Crippen molar-refractivity contribution < 1.29 is 14.3 Å². The molecule has 0 spiro atoms. The molecular weight excluding hydrogens is 471 g/mol. The van der Waals surface area contributed by atoms with E-state index >= 15 is 0 Å². The molecule has 0 aliphatic carbocycles. The molecule has 0 amide bonds. The zero-order valence-electron chi connectivity index (χ0n) is 15.3. The molecule has 1 atom stereocenters. The van der Waals surface area contributed by atoms with E-state index in [1.807, 2.05) is 18.2 Å². The van der Waals surface area contributed by atoms with Crippen LogP contribution in [0.15, 0.2) is 23.2 Å². The number of benzene rings is 1.